The summed E-state index contributed by atoms with van der Waals surface area (Å²) >= 11 is 1.73. The molecule has 1 heterocycles. The van der Waals surface area contributed by atoms with Gasteiger partial charge in [-0.05, 0) is 23.6 Å². The van der Waals surface area contributed by atoms with E-state index < -0.39 is 0 Å². The van der Waals surface area contributed by atoms with E-state index in [0.717, 1.165) is 18.8 Å². The predicted octanol–water partition coefficient (Wildman–Crippen LogP) is 3.73. The lowest BCUT2D eigenvalue weighted by atomic mass is 10.3. The van der Waals surface area contributed by atoms with Crippen molar-refractivity contribution in [2.24, 2.45) is 0 Å². The monoisotopic (exact) mass is 248 g/mol. The minimum absolute atomic E-state index is 0.703. The van der Waals surface area contributed by atoms with Crippen LogP contribution in [0.5, 0.6) is 5.75 Å². The molecular formula is C14H16O2S. The zero-order valence-electron chi connectivity index (χ0n) is 9.67. The van der Waals surface area contributed by atoms with Gasteiger partial charge in [0.25, 0.3) is 0 Å². The van der Waals surface area contributed by atoms with Crippen LogP contribution in [0.2, 0.25) is 0 Å². The van der Waals surface area contributed by atoms with Crippen molar-refractivity contribution in [3.05, 3.63) is 52.7 Å². The first-order valence-corrected chi connectivity index (χ1v) is 6.61. The maximum absolute atomic E-state index is 5.57. The number of ether oxygens (including phenoxy) is 2. The van der Waals surface area contributed by atoms with Crippen LogP contribution in [0, 0.1) is 0 Å². The Morgan fingerprint density at radius 3 is 2.59 bits per heavy atom. The average Bonchev–Trinajstić information content (AvgIpc) is 2.88. The van der Waals surface area contributed by atoms with Crippen molar-refractivity contribution in [2.75, 3.05) is 13.2 Å². The molecule has 1 aromatic carbocycles. The van der Waals surface area contributed by atoms with Crippen molar-refractivity contribution in [1.29, 1.82) is 0 Å². The van der Waals surface area contributed by atoms with Crippen molar-refractivity contribution in [3.63, 3.8) is 0 Å². The summed E-state index contributed by atoms with van der Waals surface area (Å²) in [5.74, 6) is 0.922. The van der Waals surface area contributed by atoms with E-state index in [2.05, 4.69) is 11.4 Å². The van der Waals surface area contributed by atoms with Gasteiger partial charge < -0.3 is 9.47 Å². The molecule has 0 bridgehead atoms. The Hall–Kier alpha value is -1.32. The van der Waals surface area contributed by atoms with E-state index in [-0.39, 0.29) is 0 Å². The van der Waals surface area contributed by atoms with Gasteiger partial charge in [0.2, 0.25) is 0 Å². The third-order valence-electron chi connectivity index (χ3n) is 2.27. The molecule has 0 N–H and O–H groups in total. The Morgan fingerprint density at radius 1 is 0.941 bits per heavy atom. The molecule has 0 spiro atoms. The molecule has 0 saturated carbocycles. The van der Waals surface area contributed by atoms with Crippen molar-refractivity contribution < 1.29 is 9.47 Å². The molecule has 0 unspecified atom stereocenters. The highest BCUT2D eigenvalue weighted by Gasteiger charge is 1.95. The van der Waals surface area contributed by atoms with Gasteiger partial charge >= 0.3 is 0 Å². The fourth-order valence-corrected chi connectivity index (χ4v) is 2.08. The summed E-state index contributed by atoms with van der Waals surface area (Å²) in [4.78, 5) is 1.27. The van der Waals surface area contributed by atoms with E-state index in [1.165, 1.54) is 4.88 Å². The molecule has 0 saturated heterocycles. The fourth-order valence-electron chi connectivity index (χ4n) is 1.44. The van der Waals surface area contributed by atoms with Crippen LogP contribution < -0.4 is 4.74 Å². The summed E-state index contributed by atoms with van der Waals surface area (Å²) < 4.78 is 11.1. The molecule has 0 atom stereocenters. The Morgan fingerprint density at radius 2 is 1.82 bits per heavy atom. The standard InChI is InChI=1S/C14H16O2S/c1-2-6-13(7-3-1)16-10-5-9-15-12-14-8-4-11-17-14/h1-4,6-8,11H,5,9-10,12H2. The summed E-state index contributed by atoms with van der Waals surface area (Å²) in [6.45, 7) is 2.15. The SMILES string of the molecule is c1ccc(OCCCOCc2cccs2)cc1. The summed E-state index contributed by atoms with van der Waals surface area (Å²) in [6.07, 6.45) is 0.917. The fraction of sp³-hybridized carbons (Fsp3) is 0.286. The van der Waals surface area contributed by atoms with Gasteiger partial charge in [0.1, 0.15) is 5.75 Å². The molecule has 0 amide bonds. The van der Waals surface area contributed by atoms with Crippen molar-refractivity contribution in [1.82, 2.24) is 0 Å². The van der Waals surface area contributed by atoms with Crippen molar-refractivity contribution in [2.45, 2.75) is 13.0 Å². The van der Waals surface area contributed by atoms with E-state index in [1.807, 2.05) is 36.4 Å². The van der Waals surface area contributed by atoms with Crippen LogP contribution in [-0.4, -0.2) is 13.2 Å². The largest absolute Gasteiger partial charge is 0.494 e. The third-order valence-corrected chi connectivity index (χ3v) is 3.12. The number of para-hydroxylation sites is 1. The highest BCUT2D eigenvalue weighted by Crippen LogP contribution is 2.10. The van der Waals surface area contributed by atoms with Crippen LogP contribution >= 0.6 is 11.3 Å². The minimum atomic E-state index is 0.703. The van der Waals surface area contributed by atoms with E-state index in [9.17, 15) is 0 Å². The zero-order chi connectivity index (χ0) is 11.8. The molecule has 0 aliphatic carbocycles. The molecule has 2 nitrogen and oxygen atoms in total. The van der Waals surface area contributed by atoms with E-state index in [4.69, 9.17) is 9.47 Å². The maximum atomic E-state index is 5.57. The van der Waals surface area contributed by atoms with Gasteiger partial charge in [-0.2, -0.15) is 0 Å². The molecular weight excluding hydrogens is 232 g/mol. The normalized spacial score (nSPS) is 10.4. The van der Waals surface area contributed by atoms with Crippen LogP contribution in [0.25, 0.3) is 0 Å². The van der Waals surface area contributed by atoms with Gasteiger partial charge in [-0.25, -0.2) is 0 Å². The van der Waals surface area contributed by atoms with Crippen molar-refractivity contribution >= 4 is 11.3 Å². The molecule has 0 aliphatic rings. The molecule has 0 radical (unpaired) electrons. The second kappa shape index (κ2) is 7.09. The van der Waals surface area contributed by atoms with Gasteiger partial charge in [-0.15, -0.1) is 11.3 Å². The van der Waals surface area contributed by atoms with Gasteiger partial charge in [0.15, 0.2) is 0 Å². The van der Waals surface area contributed by atoms with Gasteiger partial charge in [-0.3, -0.25) is 0 Å². The van der Waals surface area contributed by atoms with Crippen LogP contribution in [0.15, 0.2) is 47.8 Å². The van der Waals surface area contributed by atoms with Crippen molar-refractivity contribution in [3.8, 4) is 5.75 Å². The molecule has 0 fully saturated rings. The quantitative estimate of drug-likeness (QED) is 0.695. The first-order valence-electron chi connectivity index (χ1n) is 5.73. The first kappa shape index (κ1) is 12.1. The zero-order valence-corrected chi connectivity index (χ0v) is 10.5. The third kappa shape index (κ3) is 4.59. The highest BCUT2D eigenvalue weighted by molar-refractivity contribution is 7.09. The molecule has 17 heavy (non-hydrogen) atoms. The van der Waals surface area contributed by atoms with E-state index in [1.54, 1.807) is 11.3 Å². The van der Waals surface area contributed by atoms with E-state index >= 15 is 0 Å². The average molecular weight is 248 g/mol. The lowest BCUT2D eigenvalue weighted by molar-refractivity contribution is 0.109. The molecule has 0 aliphatic heterocycles. The molecule has 2 aromatic rings. The lowest BCUT2D eigenvalue weighted by Gasteiger charge is -2.06. The molecule has 2 rings (SSSR count). The number of hydrogen-bond acceptors (Lipinski definition) is 3. The smallest absolute Gasteiger partial charge is 0.119 e. The maximum Gasteiger partial charge on any atom is 0.119 e. The summed E-state index contributed by atoms with van der Waals surface area (Å²) in [5, 5.41) is 2.07. The van der Waals surface area contributed by atoms with Gasteiger partial charge in [-0.1, -0.05) is 24.3 Å². The topological polar surface area (TPSA) is 18.5 Å². The summed E-state index contributed by atoms with van der Waals surface area (Å²) in [6, 6.07) is 14.0. The number of thiophene rings is 1. The number of hydrogen-bond donors (Lipinski definition) is 0. The minimum Gasteiger partial charge on any atom is -0.494 e. The number of rotatable bonds is 7. The lowest BCUT2D eigenvalue weighted by Crippen LogP contribution is -2.02. The van der Waals surface area contributed by atoms with Gasteiger partial charge in [0, 0.05) is 11.3 Å². The van der Waals surface area contributed by atoms with Gasteiger partial charge in [0.05, 0.1) is 19.8 Å². The summed E-state index contributed by atoms with van der Waals surface area (Å²) in [7, 11) is 0. The Labute approximate surface area is 106 Å². The Bertz CT molecular complexity index is 397. The summed E-state index contributed by atoms with van der Waals surface area (Å²) in [5.41, 5.74) is 0. The first-order chi connectivity index (χ1) is 8.45. The predicted molar refractivity (Wildman–Crippen MR) is 70.5 cm³/mol. The van der Waals surface area contributed by atoms with Crippen LogP contribution in [0.4, 0.5) is 0 Å². The second-order valence-corrected chi connectivity index (χ2v) is 4.68. The van der Waals surface area contributed by atoms with Crippen LogP contribution in [0.1, 0.15) is 11.3 Å². The van der Waals surface area contributed by atoms with Crippen LogP contribution in [-0.2, 0) is 11.3 Å². The molecule has 90 valence electrons. The Balaban J connectivity index is 1.52. The van der Waals surface area contributed by atoms with E-state index in [0.29, 0.717) is 13.2 Å². The molecule has 3 heteroatoms. The number of benzene rings is 1. The highest BCUT2D eigenvalue weighted by atomic mass is 32.1. The van der Waals surface area contributed by atoms with Crippen LogP contribution in [0.3, 0.4) is 0 Å². The molecule has 1 aromatic heterocycles. The Kier molecular flexibility index (Phi) is 5.07. The second-order valence-electron chi connectivity index (χ2n) is 3.65.